The number of thioether (sulfide) groups is 1. The van der Waals surface area contributed by atoms with Gasteiger partial charge >= 0.3 is 6.18 Å². The van der Waals surface area contributed by atoms with Crippen molar-refractivity contribution in [3.8, 4) is 5.69 Å². The third-order valence-electron chi connectivity index (χ3n) is 4.94. The molecule has 0 saturated heterocycles. The number of aromatic nitrogens is 7. The topological polar surface area (TPSA) is 87.5 Å². The average Bonchev–Trinajstić information content (AvgIpc) is 3.14. The van der Waals surface area contributed by atoms with Crippen LogP contribution in [-0.2, 0) is 18.5 Å². The van der Waals surface area contributed by atoms with Crippen molar-refractivity contribution in [3.05, 3.63) is 64.6 Å². The second kappa shape index (κ2) is 8.24. The lowest BCUT2D eigenvalue weighted by molar-refractivity contribution is -0.137. The molecule has 1 aliphatic rings. The van der Waals surface area contributed by atoms with Gasteiger partial charge in [0.1, 0.15) is 11.6 Å². The van der Waals surface area contributed by atoms with Gasteiger partial charge in [-0.15, -0.1) is 15.3 Å². The number of hydrogen-bond donors (Lipinski definition) is 0. The maximum Gasteiger partial charge on any atom is 0.418 e. The molecule has 0 unspecified atom stereocenters. The van der Waals surface area contributed by atoms with Gasteiger partial charge in [-0.25, -0.2) is 0 Å². The summed E-state index contributed by atoms with van der Waals surface area (Å²) in [6.45, 7) is 0.467. The minimum absolute atomic E-state index is 0.0243. The Labute approximate surface area is 188 Å². The number of rotatable bonds is 7. The highest BCUT2D eigenvalue weighted by atomic mass is 35.5. The number of nitrogens with zero attached hydrogens (tertiary/aromatic N) is 7. The summed E-state index contributed by atoms with van der Waals surface area (Å²) in [5, 5.41) is 20.5. The van der Waals surface area contributed by atoms with Crippen LogP contribution in [0.25, 0.3) is 5.69 Å². The van der Waals surface area contributed by atoms with Crippen molar-refractivity contribution < 1.29 is 17.6 Å². The maximum absolute atomic E-state index is 13.5. The van der Waals surface area contributed by atoms with E-state index in [1.807, 2.05) is 16.7 Å². The molecule has 1 fully saturated rings. The summed E-state index contributed by atoms with van der Waals surface area (Å²) in [5.41, 5.74) is -1.11. The van der Waals surface area contributed by atoms with E-state index in [-0.39, 0.29) is 22.3 Å². The fourth-order valence-corrected chi connectivity index (χ4v) is 4.31. The van der Waals surface area contributed by atoms with Crippen LogP contribution in [0.1, 0.15) is 41.7 Å². The van der Waals surface area contributed by atoms with Crippen LogP contribution in [0.3, 0.4) is 0 Å². The molecule has 0 amide bonds. The molecule has 3 heterocycles. The summed E-state index contributed by atoms with van der Waals surface area (Å²) in [6, 6.07) is 7.15. The minimum atomic E-state index is -4.61. The molecule has 0 radical (unpaired) electrons. The van der Waals surface area contributed by atoms with Crippen molar-refractivity contribution >= 4 is 23.4 Å². The molecule has 5 rings (SSSR count). The average molecular weight is 482 g/mol. The largest absolute Gasteiger partial charge is 0.467 e. The zero-order valence-electron chi connectivity index (χ0n) is 16.3. The number of benzene rings is 1. The lowest BCUT2D eigenvalue weighted by Crippen LogP contribution is -2.13. The standard InChI is InChI=1S/C19H15ClF3N7OS/c20-12-5-6-15(14(8-12)19(21,22)23)30-16(24-27-28-30)10-32-18-26-25-17(11-3-4-11)29(18)9-13-2-1-7-31-13/h1-2,5-8,11H,3-4,9-10H2. The second-order valence-corrected chi connectivity index (χ2v) is 8.61. The van der Waals surface area contributed by atoms with Crippen molar-refractivity contribution in [2.24, 2.45) is 0 Å². The number of tetrazole rings is 1. The molecule has 1 aliphatic carbocycles. The molecule has 4 aromatic rings. The molecule has 0 spiro atoms. The van der Waals surface area contributed by atoms with Crippen molar-refractivity contribution in [2.45, 2.75) is 42.4 Å². The van der Waals surface area contributed by atoms with E-state index < -0.39 is 11.7 Å². The highest BCUT2D eigenvalue weighted by molar-refractivity contribution is 7.98. The van der Waals surface area contributed by atoms with E-state index in [1.54, 1.807) is 6.26 Å². The molecular weight excluding hydrogens is 467 g/mol. The molecular formula is C19H15ClF3N7OS. The lowest BCUT2D eigenvalue weighted by atomic mass is 10.1. The summed E-state index contributed by atoms with van der Waals surface area (Å²) in [4.78, 5) is 0. The van der Waals surface area contributed by atoms with E-state index in [9.17, 15) is 13.2 Å². The summed E-state index contributed by atoms with van der Waals surface area (Å²) in [5.74, 6) is 2.42. The van der Waals surface area contributed by atoms with Crippen LogP contribution >= 0.6 is 23.4 Å². The van der Waals surface area contributed by atoms with Crippen LogP contribution in [-0.4, -0.2) is 35.0 Å². The van der Waals surface area contributed by atoms with Crippen LogP contribution in [0, 0.1) is 0 Å². The Bertz CT molecular complexity index is 1230. The van der Waals surface area contributed by atoms with Gasteiger partial charge in [-0.05, 0) is 53.6 Å². The van der Waals surface area contributed by atoms with Gasteiger partial charge in [0.15, 0.2) is 11.0 Å². The predicted octanol–water partition coefficient (Wildman–Crippen LogP) is 4.74. The molecule has 8 nitrogen and oxygen atoms in total. The van der Waals surface area contributed by atoms with Gasteiger partial charge in [-0.1, -0.05) is 23.4 Å². The molecule has 0 bridgehead atoms. The fraction of sp³-hybridized carbons (Fsp3) is 0.316. The summed E-state index contributed by atoms with van der Waals surface area (Å²) >= 11 is 7.08. The third-order valence-corrected chi connectivity index (χ3v) is 6.14. The summed E-state index contributed by atoms with van der Waals surface area (Å²) in [7, 11) is 0. The first-order valence-electron chi connectivity index (χ1n) is 9.63. The Kier molecular flexibility index (Phi) is 5.41. The van der Waals surface area contributed by atoms with Crippen molar-refractivity contribution in [2.75, 3.05) is 0 Å². The van der Waals surface area contributed by atoms with Crippen molar-refractivity contribution in [1.29, 1.82) is 0 Å². The molecule has 3 aromatic heterocycles. The molecule has 0 atom stereocenters. The van der Waals surface area contributed by atoms with E-state index in [0.29, 0.717) is 17.6 Å². The van der Waals surface area contributed by atoms with E-state index in [4.69, 9.17) is 16.0 Å². The van der Waals surface area contributed by atoms with Crippen molar-refractivity contribution in [3.63, 3.8) is 0 Å². The van der Waals surface area contributed by atoms with Crippen LogP contribution in [0.4, 0.5) is 13.2 Å². The van der Waals surface area contributed by atoms with Gasteiger partial charge in [0, 0.05) is 10.9 Å². The van der Waals surface area contributed by atoms with E-state index in [0.717, 1.165) is 35.2 Å². The molecule has 13 heteroatoms. The van der Waals surface area contributed by atoms with Gasteiger partial charge in [-0.3, -0.25) is 4.57 Å². The van der Waals surface area contributed by atoms with E-state index >= 15 is 0 Å². The maximum atomic E-state index is 13.5. The molecule has 1 aromatic carbocycles. The van der Waals surface area contributed by atoms with Crippen LogP contribution in [0.2, 0.25) is 5.02 Å². The van der Waals surface area contributed by atoms with Crippen LogP contribution < -0.4 is 0 Å². The normalized spacial score (nSPS) is 14.2. The van der Waals surface area contributed by atoms with Gasteiger partial charge < -0.3 is 4.42 Å². The number of halogens is 4. The summed E-state index contributed by atoms with van der Waals surface area (Å²) in [6.07, 6.45) is -0.910. The molecule has 166 valence electrons. The summed E-state index contributed by atoms with van der Waals surface area (Å²) < 4.78 is 49.1. The first kappa shape index (κ1) is 21.0. The Hall–Kier alpha value is -2.86. The lowest BCUT2D eigenvalue weighted by Gasteiger charge is -2.14. The SMILES string of the molecule is FC(F)(F)c1cc(Cl)ccc1-n1nnnc1CSc1nnc(C2CC2)n1Cc1ccco1. The smallest absolute Gasteiger partial charge is 0.418 e. The van der Waals surface area contributed by atoms with E-state index in [1.165, 1.54) is 23.9 Å². The quantitative estimate of drug-likeness (QED) is 0.352. The van der Waals surface area contributed by atoms with Gasteiger partial charge in [0.05, 0.1) is 29.8 Å². The number of alkyl halides is 3. The zero-order chi connectivity index (χ0) is 22.3. The van der Waals surface area contributed by atoms with Crippen molar-refractivity contribution in [1.82, 2.24) is 35.0 Å². The Morgan fingerprint density at radius 2 is 2.00 bits per heavy atom. The molecule has 1 saturated carbocycles. The third kappa shape index (κ3) is 4.24. The molecule has 32 heavy (non-hydrogen) atoms. The van der Waals surface area contributed by atoms with Crippen LogP contribution in [0.5, 0.6) is 0 Å². The van der Waals surface area contributed by atoms with Gasteiger partial charge in [-0.2, -0.15) is 17.9 Å². The predicted molar refractivity (Wildman–Crippen MR) is 109 cm³/mol. The first-order chi connectivity index (χ1) is 15.4. The zero-order valence-corrected chi connectivity index (χ0v) is 17.9. The fourth-order valence-electron chi connectivity index (χ4n) is 3.29. The van der Waals surface area contributed by atoms with Gasteiger partial charge in [0.25, 0.3) is 0 Å². The second-order valence-electron chi connectivity index (χ2n) is 7.24. The Balaban J connectivity index is 1.42. The highest BCUT2D eigenvalue weighted by Gasteiger charge is 2.35. The van der Waals surface area contributed by atoms with E-state index in [2.05, 4.69) is 25.7 Å². The molecule has 0 aliphatic heterocycles. The minimum Gasteiger partial charge on any atom is -0.467 e. The Morgan fingerprint density at radius 3 is 2.72 bits per heavy atom. The molecule has 0 N–H and O–H groups in total. The Morgan fingerprint density at radius 1 is 1.16 bits per heavy atom. The van der Waals surface area contributed by atoms with Crippen LogP contribution in [0.15, 0.2) is 46.2 Å². The number of furan rings is 1. The highest BCUT2D eigenvalue weighted by Crippen LogP contribution is 2.41. The monoisotopic (exact) mass is 481 g/mol. The number of hydrogen-bond acceptors (Lipinski definition) is 7. The van der Waals surface area contributed by atoms with Gasteiger partial charge in [0.2, 0.25) is 0 Å². The first-order valence-corrected chi connectivity index (χ1v) is 11.0.